The zero-order valence-corrected chi connectivity index (χ0v) is 8.22. The third-order valence-corrected chi connectivity index (χ3v) is 3.05. The first-order valence-corrected chi connectivity index (χ1v) is 4.74. The van der Waals surface area contributed by atoms with E-state index in [1.165, 1.54) is 6.42 Å². The summed E-state index contributed by atoms with van der Waals surface area (Å²) < 4.78 is 5.08. The van der Waals surface area contributed by atoms with Gasteiger partial charge < -0.3 is 4.74 Å². The van der Waals surface area contributed by atoms with Crippen LogP contribution in [0.5, 0.6) is 0 Å². The van der Waals surface area contributed by atoms with Gasteiger partial charge in [0.25, 0.3) is 0 Å². The van der Waals surface area contributed by atoms with E-state index in [9.17, 15) is 4.79 Å². The van der Waals surface area contributed by atoms with Gasteiger partial charge in [0, 0.05) is 11.8 Å². The summed E-state index contributed by atoms with van der Waals surface area (Å²) in [7, 11) is 0. The SMILES string of the molecule is CCCC1(C)COC(=O)CC1C. The highest BCUT2D eigenvalue weighted by atomic mass is 16.5. The van der Waals surface area contributed by atoms with Crippen molar-refractivity contribution in [1.29, 1.82) is 0 Å². The van der Waals surface area contributed by atoms with Crippen molar-refractivity contribution in [3.63, 3.8) is 0 Å². The molecule has 0 amide bonds. The Morgan fingerprint density at radius 2 is 2.33 bits per heavy atom. The number of esters is 1. The minimum absolute atomic E-state index is 0.0314. The van der Waals surface area contributed by atoms with Gasteiger partial charge in [-0.25, -0.2) is 0 Å². The van der Waals surface area contributed by atoms with Crippen LogP contribution in [0.15, 0.2) is 0 Å². The predicted octanol–water partition coefficient (Wildman–Crippen LogP) is 2.38. The van der Waals surface area contributed by atoms with Gasteiger partial charge in [0.05, 0.1) is 6.61 Å². The zero-order valence-electron chi connectivity index (χ0n) is 8.22. The maximum atomic E-state index is 10.9. The smallest absolute Gasteiger partial charge is 0.306 e. The van der Waals surface area contributed by atoms with E-state index >= 15 is 0 Å². The predicted molar refractivity (Wildman–Crippen MR) is 47.8 cm³/mol. The second kappa shape index (κ2) is 3.46. The average molecular weight is 170 g/mol. The number of hydrogen-bond donors (Lipinski definition) is 0. The first-order valence-electron chi connectivity index (χ1n) is 4.74. The van der Waals surface area contributed by atoms with E-state index in [4.69, 9.17) is 4.74 Å². The van der Waals surface area contributed by atoms with Crippen molar-refractivity contribution in [2.75, 3.05) is 6.61 Å². The van der Waals surface area contributed by atoms with Crippen LogP contribution in [0.25, 0.3) is 0 Å². The van der Waals surface area contributed by atoms with Crippen LogP contribution in [0.2, 0.25) is 0 Å². The number of hydrogen-bond acceptors (Lipinski definition) is 2. The normalized spacial score (nSPS) is 36.2. The Labute approximate surface area is 74.3 Å². The van der Waals surface area contributed by atoms with E-state index in [1.54, 1.807) is 0 Å². The molecule has 1 saturated heterocycles. The van der Waals surface area contributed by atoms with Crippen LogP contribution in [0.1, 0.15) is 40.0 Å². The Bertz CT molecular complexity index is 177. The Morgan fingerprint density at radius 3 is 2.83 bits per heavy atom. The summed E-state index contributed by atoms with van der Waals surface area (Å²) in [5.74, 6) is 0.440. The van der Waals surface area contributed by atoms with Gasteiger partial charge >= 0.3 is 5.97 Å². The molecule has 0 N–H and O–H groups in total. The van der Waals surface area contributed by atoms with E-state index < -0.39 is 0 Å². The molecule has 12 heavy (non-hydrogen) atoms. The molecule has 0 bridgehead atoms. The van der Waals surface area contributed by atoms with Crippen molar-refractivity contribution in [1.82, 2.24) is 0 Å². The number of carbonyl (C=O) groups excluding carboxylic acids is 1. The van der Waals surface area contributed by atoms with Gasteiger partial charge in [0.2, 0.25) is 0 Å². The third kappa shape index (κ3) is 1.79. The highest BCUT2D eigenvalue weighted by molar-refractivity contribution is 5.70. The largest absolute Gasteiger partial charge is 0.465 e. The highest BCUT2D eigenvalue weighted by Crippen LogP contribution is 2.38. The Kier molecular flexibility index (Phi) is 2.76. The molecule has 1 fully saturated rings. The lowest BCUT2D eigenvalue weighted by atomic mass is 9.72. The van der Waals surface area contributed by atoms with Gasteiger partial charge in [0.1, 0.15) is 0 Å². The topological polar surface area (TPSA) is 26.3 Å². The van der Waals surface area contributed by atoms with Crippen molar-refractivity contribution in [2.24, 2.45) is 11.3 Å². The van der Waals surface area contributed by atoms with Crippen LogP contribution in [-0.2, 0) is 9.53 Å². The van der Waals surface area contributed by atoms with Gasteiger partial charge in [-0.05, 0) is 12.3 Å². The van der Waals surface area contributed by atoms with Gasteiger partial charge in [-0.3, -0.25) is 4.79 Å². The molecule has 0 radical (unpaired) electrons. The van der Waals surface area contributed by atoms with E-state index in [2.05, 4.69) is 20.8 Å². The number of ether oxygens (including phenoxy) is 1. The standard InChI is InChI=1S/C10H18O2/c1-4-5-10(3)7-12-9(11)6-8(10)2/h8H,4-7H2,1-3H3. The first kappa shape index (κ1) is 9.56. The van der Waals surface area contributed by atoms with Crippen molar-refractivity contribution in [2.45, 2.75) is 40.0 Å². The minimum Gasteiger partial charge on any atom is -0.465 e. The molecule has 2 atom stereocenters. The summed E-state index contributed by atoms with van der Waals surface area (Å²) in [6.07, 6.45) is 2.91. The minimum atomic E-state index is -0.0314. The second-order valence-electron chi connectivity index (χ2n) is 4.17. The molecule has 1 aliphatic rings. The summed E-state index contributed by atoms with van der Waals surface area (Å²) in [4.78, 5) is 10.9. The molecule has 0 aliphatic carbocycles. The fourth-order valence-electron chi connectivity index (χ4n) is 1.83. The van der Waals surface area contributed by atoms with E-state index in [1.807, 2.05) is 0 Å². The molecule has 1 aliphatic heterocycles. The summed E-state index contributed by atoms with van der Waals surface area (Å²) in [6, 6.07) is 0. The van der Waals surface area contributed by atoms with Crippen molar-refractivity contribution in [3.05, 3.63) is 0 Å². The Hall–Kier alpha value is -0.530. The lowest BCUT2D eigenvalue weighted by molar-refractivity contribution is -0.158. The van der Waals surface area contributed by atoms with Gasteiger partial charge in [0.15, 0.2) is 0 Å². The number of carbonyl (C=O) groups is 1. The molecule has 70 valence electrons. The van der Waals surface area contributed by atoms with Crippen LogP contribution in [-0.4, -0.2) is 12.6 Å². The van der Waals surface area contributed by atoms with Crippen LogP contribution < -0.4 is 0 Å². The van der Waals surface area contributed by atoms with Gasteiger partial charge in [-0.2, -0.15) is 0 Å². The molecular formula is C10H18O2. The number of rotatable bonds is 2. The molecule has 1 rings (SSSR count). The average Bonchev–Trinajstić information content (AvgIpc) is 1.99. The van der Waals surface area contributed by atoms with Gasteiger partial charge in [-0.15, -0.1) is 0 Å². The maximum Gasteiger partial charge on any atom is 0.306 e. The third-order valence-electron chi connectivity index (χ3n) is 3.05. The summed E-state index contributed by atoms with van der Waals surface area (Å²) in [6.45, 7) is 7.15. The molecule has 0 saturated carbocycles. The summed E-state index contributed by atoms with van der Waals surface area (Å²) in [5.41, 5.74) is 0.225. The fourth-order valence-corrected chi connectivity index (χ4v) is 1.83. The lowest BCUT2D eigenvalue weighted by Crippen LogP contribution is -2.38. The molecule has 0 spiro atoms. The molecule has 2 nitrogen and oxygen atoms in total. The van der Waals surface area contributed by atoms with Crippen molar-refractivity contribution >= 4 is 5.97 Å². The van der Waals surface area contributed by atoms with E-state index in [0.29, 0.717) is 18.9 Å². The molecule has 2 unspecified atom stereocenters. The quantitative estimate of drug-likeness (QED) is 0.595. The highest BCUT2D eigenvalue weighted by Gasteiger charge is 2.37. The summed E-state index contributed by atoms with van der Waals surface area (Å²) in [5, 5.41) is 0. The van der Waals surface area contributed by atoms with Crippen LogP contribution in [0.4, 0.5) is 0 Å². The maximum absolute atomic E-state index is 10.9. The van der Waals surface area contributed by atoms with Gasteiger partial charge in [-0.1, -0.05) is 27.2 Å². The Balaban J connectivity index is 2.59. The second-order valence-corrected chi connectivity index (χ2v) is 4.17. The molecule has 0 aromatic carbocycles. The van der Waals surface area contributed by atoms with E-state index in [-0.39, 0.29) is 11.4 Å². The zero-order chi connectivity index (χ0) is 9.19. The van der Waals surface area contributed by atoms with Crippen LogP contribution in [0.3, 0.4) is 0 Å². The number of cyclic esters (lactones) is 1. The molecule has 2 heteroatoms. The van der Waals surface area contributed by atoms with Crippen LogP contribution >= 0.6 is 0 Å². The fraction of sp³-hybridized carbons (Fsp3) is 0.900. The Morgan fingerprint density at radius 1 is 1.67 bits per heavy atom. The molecule has 0 aromatic heterocycles. The molecule has 1 heterocycles. The van der Waals surface area contributed by atoms with E-state index in [0.717, 1.165) is 6.42 Å². The van der Waals surface area contributed by atoms with Crippen molar-refractivity contribution in [3.8, 4) is 0 Å². The monoisotopic (exact) mass is 170 g/mol. The first-order chi connectivity index (χ1) is 5.58. The van der Waals surface area contributed by atoms with Crippen LogP contribution in [0, 0.1) is 11.3 Å². The molecular weight excluding hydrogens is 152 g/mol. The lowest BCUT2D eigenvalue weighted by Gasteiger charge is -2.38. The van der Waals surface area contributed by atoms with Crippen molar-refractivity contribution < 1.29 is 9.53 Å². The summed E-state index contributed by atoms with van der Waals surface area (Å²) >= 11 is 0. The molecule has 0 aromatic rings.